The van der Waals surface area contributed by atoms with E-state index in [0.717, 1.165) is 32.1 Å². The van der Waals surface area contributed by atoms with Crippen molar-refractivity contribution in [2.45, 2.75) is 50.5 Å². The molecule has 2 heterocycles. The summed E-state index contributed by atoms with van der Waals surface area (Å²) in [6, 6.07) is 0. The second-order valence-corrected chi connectivity index (χ2v) is 8.64. The van der Waals surface area contributed by atoms with Crippen LogP contribution in [0.3, 0.4) is 0 Å². The molecule has 1 spiro atoms. The fourth-order valence-electron chi connectivity index (χ4n) is 4.16. The lowest BCUT2D eigenvalue weighted by atomic mass is 9.83. The average Bonchev–Trinajstić information content (AvgIpc) is 2.54. The van der Waals surface area contributed by atoms with E-state index in [2.05, 4.69) is 0 Å². The number of hydrogen-bond acceptors (Lipinski definition) is 4. The molecule has 2 N–H and O–H groups in total. The molecule has 0 radical (unpaired) electrons. The van der Waals surface area contributed by atoms with Crippen LogP contribution >= 0.6 is 0 Å². The van der Waals surface area contributed by atoms with Gasteiger partial charge in [-0.2, -0.15) is 12.7 Å². The lowest BCUT2D eigenvalue weighted by Gasteiger charge is -2.46. The summed E-state index contributed by atoms with van der Waals surface area (Å²) in [4.78, 5) is 14.8. The van der Waals surface area contributed by atoms with Crippen molar-refractivity contribution in [3.05, 3.63) is 0 Å². The maximum absolute atomic E-state index is 12.9. The van der Waals surface area contributed by atoms with Crippen molar-refractivity contribution in [3.8, 4) is 0 Å². The highest BCUT2D eigenvalue weighted by molar-refractivity contribution is 7.86. The van der Waals surface area contributed by atoms with Crippen LogP contribution in [0, 0.1) is 5.92 Å². The topological polar surface area (TPSA) is 92.9 Å². The second-order valence-electron chi connectivity index (χ2n) is 7.09. The molecule has 23 heavy (non-hydrogen) atoms. The summed E-state index contributed by atoms with van der Waals surface area (Å²) >= 11 is 0. The second kappa shape index (κ2) is 6.66. The van der Waals surface area contributed by atoms with E-state index in [1.54, 1.807) is 0 Å². The van der Waals surface area contributed by atoms with Crippen molar-refractivity contribution in [2.75, 3.05) is 32.8 Å². The van der Waals surface area contributed by atoms with Gasteiger partial charge in [0.2, 0.25) is 5.91 Å². The Balaban J connectivity index is 1.65. The number of morpholine rings is 1. The first-order valence-electron chi connectivity index (χ1n) is 8.60. The van der Waals surface area contributed by atoms with Gasteiger partial charge in [0.25, 0.3) is 10.2 Å². The van der Waals surface area contributed by atoms with Gasteiger partial charge in [-0.1, -0.05) is 19.3 Å². The Morgan fingerprint density at radius 2 is 1.87 bits per heavy atom. The van der Waals surface area contributed by atoms with E-state index in [-0.39, 0.29) is 24.0 Å². The van der Waals surface area contributed by atoms with Gasteiger partial charge in [-0.05, 0) is 25.7 Å². The van der Waals surface area contributed by atoms with Crippen molar-refractivity contribution in [2.24, 2.45) is 11.1 Å². The Bertz CT molecular complexity index is 539. The third kappa shape index (κ3) is 3.87. The maximum atomic E-state index is 12.9. The number of nitrogens with zero attached hydrogens (tertiary/aromatic N) is 2. The summed E-state index contributed by atoms with van der Waals surface area (Å²) in [7, 11) is -3.71. The zero-order valence-corrected chi connectivity index (χ0v) is 14.4. The number of nitrogens with two attached hydrogens (primary N) is 1. The van der Waals surface area contributed by atoms with Crippen molar-refractivity contribution in [1.82, 2.24) is 9.21 Å². The van der Waals surface area contributed by atoms with Crippen LogP contribution in [0.4, 0.5) is 0 Å². The minimum Gasteiger partial charge on any atom is -0.371 e. The van der Waals surface area contributed by atoms with Crippen LogP contribution in [-0.4, -0.2) is 61.9 Å². The molecule has 132 valence electrons. The summed E-state index contributed by atoms with van der Waals surface area (Å²) in [6.45, 7) is 2.46. The summed E-state index contributed by atoms with van der Waals surface area (Å²) in [5.74, 6) is -0.215. The molecule has 0 aromatic heterocycles. The minimum atomic E-state index is -3.71. The molecular formula is C15H27N3O4S. The average molecular weight is 345 g/mol. The number of amides is 1. The predicted octanol–water partition coefficient (Wildman–Crippen LogP) is 0.464. The molecule has 8 heteroatoms. The molecule has 1 amide bonds. The highest BCUT2D eigenvalue weighted by atomic mass is 32.2. The van der Waals surface area contributed by atoms with Gasteiger partial charge in [0.05, 0.1) is 18.1 Å². The third-order valence-electron chi connectivity index (χ3n) is 5.42. The molecule has 3 aliphatic rings. The molecule has 2 aliphatic heterocycles. The van der Waals surface area contributed by atoms with Gasteiger partial charge >= 0.3 is 0 Å². The first kappa shape index (κ1) is 17.1. The quantitative estimate of drug-likeness (QED) is 0.787. The Morgan fingerprint density at radius 1 is 1.13 bits per heavy atom. The number of carbonyl (C=O) groups excluding carboxylic acids is 1. The van der Waals surface area contributed by atoms with Crippen LogP contribution in [0.25, 0.3) is 0 Å². The number of ether oxygens (including phenoxy) is 1. The Hall–Kier alpha value is -0.700. The molecule has 0 aromatic rings. The number of piperidine rings is 1. The van der Waals surface area contributed by atoms with Gasteiger partial charge in [-0.3, -0.25) is 4.79 Å². The molecule has 0 bridgehead atoms. The van der Waals surface area contributed by atoms with Crippen LogP contribution < -0.4 is 5.14 Å². The molecule has 2 saturated heterocycles. The molecule has 3 rings (SSSR count). The Labute approximate surface area is 138 Å². The molecule has 0 aromatic carbocycles. The Morgan fingerprint density at radius 3 is 2.57 bits per heavy atom. The molecular weight excluding hydrogens is 318 g/mol. The minimum absolute atomic E-state index is 0.0617. The van der Waals surface area contributed by atoms with E-state index in [9.17, 15) is 13.2 Å². The molecule has 3 fully saturated rings. The lowest BCUT2D eigenvalue weighted by Crippen LogP contribution is -2.57. The van der Waals surface area contributed by atoms with Gasteiger partial charge in [0, 0.05) is 26.2 Å². The monoisotopic (exact) mass is 345 g/mol. The summed E-state index contributed by atoms with van der Waals surface area (Å²) < 4.78 is 30.3. The largest absolute Gasteiger partial charge is 0.371 e. The van der Waals surface area contributed by atoms with E-state index in [1.807, 2.05) is 4.90 Å². The zero-order valence-electron chi connectivity index (χ0n) is 13.6. The highest BCUT2D eigenvalue weighted by Gasteiger charge is 2.41. The molecule has 1 saturated carbocycles. The van der Waals surface area contributed by atoms with E-state index < -0.39 is 10.2 Å². The zero-order chi connectivity index (χ0) is 16.5. The highest BCUT2D eigenvalue weighted by Crippen LogP contribution is 2.35. The van der Waals surface area contributed by atoms with E-state index >= 15 is 0 Å². The first-order chi connectivity index (χ1) is 10.9. The van der Waals surface area contributed by atoms with Gasteiger partial charge in [-0.25, -0.2) is 5.14 Å². The van der Waals surface area contributed by atoms with Crippen molar-refractivity contribution in [1.29, 1.82) is 0 Å². The number of hydrogen-bond donors (Lipinski definition) is 1. The first-order valence-corrected chi connectivity index (χ1v) is 10.1. The molecule has 1 unspecified atom stereocenters. The van der Waals surface area contributed by atoms with E-state index in [0.29, 0.717) is 32.7 Å². The molecule has 1 aliphatic carbocycles. The predicted molar refractivity (Wildman–Crippen MR) is 85.8 cm³/mol. The number of carbonyl (C=O) groups is 1. The SMILES string of the molecule is NS(=O)(=O)N1CCCC(C(=O)N2CCOC3(CCCCC3)C2)C1. The van der Waals surface area contributed by atoms with Gasteiger partial charge in [0.1, 0.15) is 0 Å². The third-order valence-corrected chi connectivity index (χ3v) is 6.47. The fraction of sp³-hybridized carbons (Fsp3) is 0.933. The van der Waals surface area contributed by atoms with Crippen LogP contribution in [0.15, 0.2) is 0 Å². The van der Waals surface area contributed by atoms with Crippen molar-refractivity contribution in [3.63, 3.8) is 0 Å². The van der Waals surface area contributed by atoms with Crippen LogP contribution in [-0.2, 0) is 19.7 Å². The number of rotatable bonds is 2. The molecule has 1 atom stereocenters. The van der Waals surface area contributed by atoms with Gasteiger partial charge in [-0.15, -0.1) is 0 Å². The lowest BCUT2D eigenvalue weighted by molar-refractivity contribution is -0.160. The summed E-state index contributed by atoms with van der Waals surface area (Å²) in [5.41, 5.74) is -0.166. The van der Waals surface area contributed by atoms with E-state index in [1.165, 1.54) is 10.7 Å². The van der Waals surface area contributed by atoms with Crippen LogP contribution in [0.1, 0.15) is 44.9 Å². The van der Waals surface area contributed by atoms with Crippen molar-refractivity contribution < 1.29 is 17.9 Å². The van der Waals surface area contributed by atoms with Gasteiger partial charge < -0.3 is 9.64 Å². The fourth-order valence-corrected chi connectivity index (χ4v) is 4.94. The van der Waals surface area contributed by atoms with Crippen LogP contribution in [0.2, 0.25) is 0 Å². The van der Waals surface area contributed by atoms with E-state index in [4.69, 9.17) is 9.88 Å². The Kier molecular flexibility index (Phi) is 4.96. The molecule has 7 nitrogen and oxygen atoms in total. The summed E-state index contributed by atoms with van der Waals surface area (Å²) in [5, 5.41) is 5.22. The smallest absolute Gasteiger partial charge is 0.276 e. The normalized spacial score (nSPS) is 29.6. The van der Waals surface area contributed by atoms with Gasteiger partial charge in [0.15, 0.2) is 0 Å². The maximum Gasteiger partial charge on any atom is 0.276 e. The van der Waals surface area contributed by atoms with Crippen molar-refractivity contribution >= 4 is 16.1 Å². The van der Waals surface area contributed by atoms with Crippen LogP contribution in [0.5, 0.6) is 0 Å². The summed E-state index contributed by atoms with van der Waals surface area (Å²) in [6.07, 6.45) is 7.01. The standard InChI is InChI=1S/C15H27N3O4S/c16-23(20,21)18-8-4-5-13(11-18)14(19)17-9-10-22-15(12-17)6-2-1-3-7-15/h13H,1-12H2,(H2,16,20,21).